The summed E-state index contributed by atoms with van der Waals surface area (Å²) in [6.07, 6.45) is 17.4. The van der Waals surface area contributed by atoms with Crippen LogP contribution in [-0.2, 0) is 5.11 Å². The summed E-state index contributed by atoms with van der Waals surface area (Å²) in [5.41, 5.74) is 1.29. The van der Waals surface area contributed by atoms with Crippen molar-refractivity contribution in [2.45, 2.75) is 57.7 Å². The molecule has 0 bridgehead atoms. The molecule has 1 N–H and O–H groups in total. The first-order valence-electron chi connectivity index (χ1n) is 9.78. The van der Waals surface area contributed by atoms with Gasteiger partial charge in [-0.15, -0.1) is 0 Å². The van der Waals surface area contributed by atoms with Crippen LogP contribution in [0, 0.1) is 4.91 Å². The third-order valence-corrected chi connectivity index (χ3v) is 5.49. The van der Waals surface area contributed by atoms with Gasteiger partial charge in [0.2, 0.25) is 11.1 Å². The molecule has 0 aromatic carbocycles. The van der Waals surface area contributed by atoms with E-state index in [-0.39, 0.29) is 18.5 Å². The third-order valence-electron chi connectivity index (χ3n) is 5.49. The molecule has 3 rings (SSSR count). The van der Waals surface area contributed by atoms with Gasteiger partial charge in [0.1, 0.15) is 6.54 Å². The summed E-state index contributed by atoms with van der Waals surface area (Å²) in [6, 6.07) is 0.00707. The lowest BCUT2D eigenvalue weighted by molar-refractivity contribution is -0.712. The van der Waals surface area contributed by atoms with E-state index in [1.807, 2.05) is 81.5 Å². The second-order valence-electron chi connectivity index (χ2n) is 9.10. The van der Waals surface area contributed by atoms with Gasteiger partial charge in [-0.1, -0.05) is 0 Å². The van der Waals surface area contributed by atoms with Crippen LogP contribution in [0.25, 0.3) is 0 Å². The molecule has 0 atom stereocenters. The molecule has 0 aromatic heterocycles. The molecule has 149 valence electrons. The number of nitrogens with zero attached hydrogens (tertiary/aromatic N) is 3. The fraction of sp³-hybridized carbons (Fsp3) is 0.500. The Hall–Kier alpha value is -2.63. The first-order valence-corrected chi connectivity index (χ1v) is 9.78. The Bertz CT molecular complexity index is 775. The van der Waals surface area contributed by atoms with Crippen molar-refractivity contribution in [1.82, 2.24) is 9.80 Å². The van der Waals surface area contributed by atoms with Gasteiger partial charge >= 0.3 is 5.90 Å². The Morgan fingerprint density at radius 3 is 1.96 bits per heavy atom. The van der Waals surface area contributed by atoms with Crippen molar-refractivity contribution in [3.8, 4) is 0 Å². The van der Waals surface area contributed by atoms with E-state index in [1.54, 1.807) is 0 Å². The molecule has 1 radical (unpaired) electrons. The van der Waals surface area contributed by atoms with Crippen molar-refractivity contribution in [2.24, 2.45) is 0 Å². The van der Waals surface area contributed by atoms with Crippen LogP contribution in [0.1, 0.15) is 40.5 Å². The van der Waals surface area contributed by atoms with E-state index < -0.39 is 11.1 Å². The molecule has 3 aliphatic rings. The van der Waals surface area contributed by atoms with Crippen molar-refractivity contribution in [3.05, 3.63) is 65.2 Å². The number of hydrogen-bond donors (Lipinski definition) is 1. The molecule has 6 heteroatoms. The highest BCUT2D eigenvalue weighted by atomic mass is 16.3. The maximum atomic E-state index is 12.6. The topological polar surface area (TPSA) is 60.4 Å². The minimum absolute atomic E-state index is 0.00707. The Kier molecular flexibility index (Phi) is 5.33. The zero-order valence-corrected chi connectivity index (χ0v) is 17.5. The molecule has 28 heavy (non-hydrogen) atoms. The molecule has 0 amide bonds. The highest BCUT2D eigenvalue weighted by Crippen LogP contribution is 2.32. The summed E-state index contributed by atoms with van der Waals surface area (Å²) in [5, 5.41) is 12.6. The first-order chi connectivity index (χ1) is 13.1. The van der Waals surface area contributed by atoms with Gasteiger partial charge in [0.15, 0.2) is 6.04 Å². The second-order valence-corrected chi connectivity index (χ2v) is 9.10. The van der Waals surface area contributed by atoms with E-state index >= 15 is 0 Å². The summed E-state index contributed by atoms with van der Waals surface area (Å²) in [6.45, 7) is 8.03. The molecule has 0 saturated carbocycles. The highest BCUT2D eigenvalue weighted by Gasteiger charge is 2.55. The van der Waals surface area contributed by atoms with Gasteiger partial charge in [-0.2, -0.15) is 0 Å². The third kappa shape index (κ3) is 4.43. The summed E-state index contributed by atoms with van der Waals surface area (Å²) < 4.78 is 1.18. The van der Waals surface area contributed by atoms with E-state index in [0.29, 0.717) is 12.8 Å². The molecule has 1 fully saturated rings. The van der Waals surface area contributed by atoms with Crippen molar-refractivity contribution in [2.75, 3.05) is 13.6 Å². The van der Waals surface area contributed by atoms with Crippen LogP contribution in [0.2, 0.25) is 0 Å². The van der Waals surface area contributed by atoms with Crippen LogP contribution in [-0.4, -0.2) is 51.2 Å². The van der Waals surface area contributed by atoms with E-state index in [9.17, 15) is 10.0 Å². The predicted molar refractivity (Wildman–Crippen MR) is 110 cm³/mol. The van der Waals surface area contributed by atoms with Gasteiger partial charge in [-0.3, -0.25) is 0 Å². The smallest absolute Gasteiger partial charge is 0.357 e. The minimum atomic E-state index is -0.485. The summed E-state index contributed by atoms with van der Waals surface area (Å²) in [4.78, 5) is 19.5. The predicted octanol–water partition coefficient (Wildman–Crippen LogP) is 2.01. The summed E-state index contributed by atoms with van der Waals surface area (Å²) >= 11 is 0. The van der Waals surface area contributed by atoms with Crippen LogP contribution in [0.3, 0.4) is 0 Å². The Morgan fingerprint density at radius 2 is 1.46 bits per heavy atom. The van der Waals surface area contributed by atoms with Crippen molar-refractivity contribution < 1.29 is 14.9 Å². The zero-order chi connectivity index (χ0) is 20.5. The SMILES string of the molecule is CN1C=CC(=C2C=CN(CC([O])=[NH+]C3CC(C)(C)[N+](=O)C(C)(C)C3)C=C2)C=C1. The van der Waals surface area contributed by atoms with Crippen molar-refractivity contribution >= 4 is 5.90 Å². The number of nitroso groups, excluding NO2 is 1. The highest BCUT2D eigenvalue weighted by molar-refractivity contribution is 5.69. The van der Waals surface area contributed by atoms with E-state index in [1.165, 1.54) is 4.76 Å². The fourth-order valence-electron chi connectivity index (χ4n) is 4.25. The Labute approximate surface area is 167 Å². The van der Waals surface area contributed by atoms with Gasteiger partial charge in [0, 0.05) is 69.2 Å². The number of allylic oxidation sites excluding steroid dienone is 6. The number of hydrogen-bond acceptors (Lipinski definition) is 3. The molecule has 0 aromatic rings. The molecule has 0 unspecified atom stereocenters. The molecule has 3 heterocycles. The van der Waals surface area contributed by atoms with Crippen LogP contribution in [0.5, 0.6) is 0 Å². The molecule has 0 aliphatic carbocycles. The second kappa shape index (κ2) is 7.41. The minimum Gasteiger partial charge on any atom is -0.357 e. The van der Waals surface area contributed by atoms with Gasteiger partial charge in [-0.05, 0) is 35.5 Å². The monoisotopic (exact) mass is 383 g/mol. The Morgan fingerprint density at radius 1 is 1.00 bits per heavy atom. The number of rotatable bonds is 3. The molecule has 1 saturated heterocycles. The number of nitrogens with one attached hydrogen (secondary N) is 1. The van der Waals surface area contributed by atoms with Gasteiger partial charge in [0.25, 0.3) is 0 Å². The zero-order valence-electron chi connectivity index (χ0n) is 17.5. The molecule has 0 spiro atoms. The maximum absolute atomic E-state index is 12.6. The molecule has 3 aliphatic heterocycles. The lowest BCUT2D eigenvalue weighted by Crippen LogP contribution is -2.84. The summed E-state index contributed by atoms with van der Waals surface area (Å²) in [5.74, 6) is -0.0274. The van der Waals surface area contributed by atoms with Crippen LogP contribution < -0.4 is 4.99 Å². The van der Waals surface area contributed by atoms with Crippen LogP contribution >= 0.6 is 0 Å². The van der Waals surface area contributed by atoms with Crippen LogP contribution in [0.4, 0.5) is 0 Å². The summed E-state index contributed by atoms with van der Waals surface area (Å²) in [7, 11) is 1.99. The average Bonchev–Trinajstić information content (AvgIpc) is 2.60. The Balaban J connectivity index is 1.64. The molecular formula is C22H31N4O2+2. The lowest BCUT2D eigenvalue weighted by Gasteiger charge is -2.32. The fourth-order valence-corrected chi connectivity index (χ4v) is 4.25. The average molecular weight is 384 g/mol. The van der Waals surface area contributed by atoms with Crippen molar-refractivity contribution in [3.63, 3.8) is 0 Å². The number of piperidine rings is 1. The normalized spacial score (nSPS) is 24.5. The molecule has 6 nitrogen and oxygen atoms in total. The standard InChI is InChI=1S/C22H30N4O2/c1-21(2)14-19(15-22(3,4)26(21)28)23-20(27)16-25-12-8-18(9-13-25)17-6-10-24(5)11-7-17/h6-13,19H,14-16H2,1-5H3/q+1/p+1. The van der Waals surface area contributed by atoms with Gasteiger partial charge < -0.3 is 9.80 Å². The van der Waals surface area contributed by atoms with Crippen molar-refractivity contribution in [1.29, 1.82) is 0 Å². The van der Waals surface area contributed by atoms with Gasteiger partial charge in [-0.25, -0.2) is 10.1 Å². The maximum Gasteiger partial charge on any atom is 0.400 e. The first kappa shape index (κ1) is 20.1. The van der Waals surface area contributed by atoms with Crippen LogP contribution in [0.15, 0.2) is 60.3 Å². The lowest BCUT2D eigenvalue weighted by atomic mass is 9.79. The molecular weight excluding hydrogens is 352 g/mol. The van der Waals surface area contributed by atoms with E-state index in [0.717, 1.165) is 11.1 Å². The largest absolute Gasteiger partial charge is 0.400 e. The quantitative estimate of drug-likeness (QED) is 0.461. The van der Waals surface area contributed by atoms with E-state index in [4.69, 9.17) is 0 Å². The van der Waals surface area contributed by atoms with E-state index in [2.05, 4.69) is 17.1 Å². The van der Waals surface area contributed by atoms with Gasteiger partial charge in [0.05, 0.1) is 12.8 Å².